The molecule has 5 nitrogen and oxygen atoms in total. The number of amides is 1. The maximum Gasteiger partial charge on any atom is 0.271 e. The summed E-state index contributed by atoms with van der Waals surface area (Å²) in [5.74, 6) is -0.339. The number of carbonyl (C=O) groups is 1. The average molecular weight is 317 g/mol. The van der Waals surface area contributed by atoms with E-state index in [0.717, 1.165) is 25.7 Å². The van der Waals surface area contributed by atoms with Crippen molar-refractivity contribution >= 4 is 34.8 Å². The molecule has 7 heteroatoms. The van der Waals surface area contributed by atoms with Gasteiger partial charge in [0.25, 0.3) is 11.6 Å². The molecule has 0 bridgehead atoms. The molecule has 1 amide bonds. The van der Waals surface area contributed by atoms with Crippen LogP contribution in [-0.4, -0.2) is 22.2 Å². The second kappa shape index (κ2) is 6.41. The van der Waals surface area contributed by atoms with Gasteiger partial charge in [0.05, 0.1) is 4.92 Å². The lowest BCUT2D eigenvalue weighted by molar-refractivity contribution is -0.384. The van der Waals surface area contributed by atoms with Gasteiger partial charge in [0, 0.05) is 34.1 Å². The number of benzene rings is 1. The average Bonchev–Trinajstić information content (AvgIpc) is 2.40. The highest BCUT2D eigenvalue weighted by Gasteiger charge is 2.22. The molecule has 1 aliphatic carbocycles. The Balaban J connectivity index is 2.07. The van der Waals surface area contributed by atoms with Crippen molar-refractivity contribution in [2.75, 3.05) is 0 Å². The molecule has 2 rings (SSSR count). The molecule has 0 aliphatic heterocycles. The van der Waals surface area contributed by atoms with Gasteiger partial charge in [-0.15, -0.1) is 11.6 Å². The lowest BCUT2D eigenvalue weighted by atomic mass is 9.95. The molecule has 1 fully saturated rings. The number of non-ortho nitro benzene ring substituents is 1. The number of hydrogen-bond donors (Lipinski definition) is 1. The van der Waals surface area contributed by atoms with Crippen LogP contribution in [0.4, 0.5) is 5.69 Å². The SMILES string of the molecule is O=C(NC1CCC(Cl)CC1)c1cc(Cl)cc([N+](=O)[O-])c1. The number of nitro benzene ring substituents is 1. The smallest absolute Gasteiger partial charge is 0.271 e. The summed E-state index contributed by atoms with van der Waals surface area (Å²) < 4.78 is 0. The van der Waals surface area contributed by atoms with Gasteiger partial charge in [0.15, 0.2) is 0 Å². The number of nitro groups is 1. The topological polar surface area (TPSA) is 72.2 Å². The van der Waals surface area contributed by atoms with Crippen LogP contribution in [0.25, 0.3) is 0 Å². The first-order valence-electron chi connectivity index (χ1n) is 6.35. The number of rotatable bonds is 3. The predicted octanol–water partition coefficient (Wildman–Crippen LogP) is 3.53. The molecule has 1 aliphatic rings. The Bertz CT molecular complexity index is 528. The van der Waals surface area contributed by atoms with Crippen LogP contribution >= 0.6 is 23.2 Å². The van der Waals surface area contributed by atoms with Gasteiger partial charge in [-0.1, -0.05) is 11.6 Å². The summed E-state index contributed by atoms with van der Waals surface area (Å²) in [7, 11) is 0. The van der Waals surface area contributed by atoms with Gasteiger partial charge in [0.1, 0.15) is 0 Å². The van der Waals surface area contributed by atoms with Crippen LogP contribution in [0.1, 0.15) is 36.0 Å². The molecular weight excluding hydrogens is 303 g/mol. The number of halogens is 2. The molecule has 1 aromatic rings. The molecule has 0 aromatic heterocycles. The lowest BCUT2D eigenvalue weighted by Gasteiger charge is -2.25. The minimum absolute atomic E-state index is 0.0653. The third kappa shape index (κ3) is 3.84. The van der Waals surface area contributed by atoms with Gasteiger partial charge in [-0.05, 0) is 31.7 Å². The van der Waals surface area contributed by atoms with Crippen LogP contribution in [0, 0.1) is 10.1 Å². The van der Waals surface area contributed by atoms with E-state index in [4.69, 9.17) is 23.2 Å². The predicted molar refractivity (Wildman–Crippen MR) is 77.5 cm³/mol. The largest absolute Gasteiger partial charge is 0.349 e. The Morgan fingerprint density at radius 2 is 1.90 bits per heavy atom. The van der Waals surface area contributed by atoms with Crippen molar-refractivity contribution < 1.29 is 9.72 Å². The summed E-state index contributed by atoms with van der Waals surface area (Å²) in [6.45, 7) is 0. The second-order valence-electron chi connectivity index (χ2n) is 4.88. The fourth-order valence-electron chi connectivity index (χ4n) is 2.28. The van der Waals surface area contributed by atoms with Crippen LogP contribution in [0.15, 0.2) is 18.2 Å². The van der Waals surface area contributed by atoms with E-state index in [0.29, 0.717) is 0 Å². The number of nitrogens with one attached hydrogen (secondary N) is 1. The molecule has 0 heterocycles. The van der Waals surface area contributed by atoms with Crippen LogP contribution in [-0.2, 0) is 0 Å². The number of alkyl halides is 1. The van der Waals surface area contributed by atoms with Crippen molar-refractivity contribution in [2.24, 2.45) is 0 Å². The number of nitrogens with zero attached hydrogens (tertiary/aromatic N) is 1. The minimum Gasteiger partial charge on any atom is -0.349 e. The van der Waals surface area contributed by atoms with E-state index in [1.54, 1.807) is 0 Å². The first-order chi connectivity index (χ1) is 9.45. The first-order valence-corrected chi connectivity index (χ1v) is 7.17. The minimum atomic E-state index is -0.568. The molecule has 0 atom stereocenters. The van der Waals surface area contributed by atoms with Gasteiger partial charge in [0.2, 0.25) is 0 Å². The van der Waals surface area contributed by atoms with Crippen molar-refractivity contribution in [3.05, 3.63) is 38.9 Å². The van der Waals surface area contributed by atoms with Crippen LogP contribution in [0.5, 0.6) is 0 Å². The number of carbonyl (C=O) groups excluding carboxylic acids is 1. The summed E-state index contributed by atoms with van der Waals surface area (Å²) in [4.78, 5) is 22.3. The molecule has 108 valence electrons. The molecule has 0 radical (unpaired) electrons. The van der Waals surface area contributed by atoms with Gasteiger partial charge < -0.3 is 5.32 Å². The van der Waals surface area contributed by atoms with Crippen LogP contribution in [0.2, 0.25) is 5.02 Å². The van der Waals surface area contributed by atoms with Crippen molar-refractivity contribution in [3.63, 3.8) is 0 Å². The molecule has 0 unspecified atom stereocenters. The Kier molecular flexibility index (Phi) is 4.83. The highest BCUT2D eigenvalue weighted by Crippen LogP contribution is 2.24. The van der Waals surface area contributed by atoms with E-state index in [-0.39, 0.29) is 33.6 Å². The van der Waals surface area contributed by atoms with Gasteiger partial charge >= 0.3 is 0 Å². The van der Waals surface area contributed by atoms with E-state index in [1.807, 2.05) is 0 Å². The fraction of sp³-hybridized carbons (Fsp3) is 0.462. The van der Waals surface area contributed by atoms with E-state index in [2.05, 4.69) is 5.32 Å². The van der Waals surface area contributed by atoms with Crippen LogP contribution < -0.4 is 5.32 Å². The zero-order valence-corrected chi connectivity index (χ0v) is 12.2. The van der Waals surface area contributed by atoms with Crippen molar-refractivity contribution in [3.8, 4) is 0 Å². The fourth-order valence-corrected chi connectivity index (χ4v) is 2.76. The summed E-state index contributed by atoms with van der Waals surface area (Å²) in [5, 5.41) is 14.0. The van der Waals surface area contributed by atoms with Gasteiger partial charge in [-0.3, -0.25) is 14.9 Å². The standard InChI is InChI=1S/C13H14Cl2N2O3/c14-9-1-3-11(4-2-9)16-13(18)8-5-10(15)7-12(6-8)17(19)20/h5-7,9,11H,1-4H2,(H,16,18). The molecular formula is C13H14Cl2N2O3. The Hall–Kier alpha value is -1.33. The van der Waals surface area contributed by atoms with E-state index in [1.165, 1.54) is 18.2 Å². The normalized spacial score (nSPS) is 22.3. The first kappa shape index (κ1) is 15.1. The van der Waals surface area contributed by atoms with Gasteiger partial charge in [-0.2, -0.15) is 0 Å². The lowest BCUT2D eigenvalue weighted by Crippen LogP contribution is -2.37. The third-order valence-electron chi connectivity index (χ3n) is 3.35. The van der Waals surface area contributed by atoms with Crippen molar-refractivity contribution in [2.45, 2.75) is 37.1 Å². The quantitative estimate of drug-likeness (QED) is 0.526. The summed E-state index contributed by atoms with van der Waals surface area (Å²) in [5.41, 5.74) is 0.0179. The molecule has 1 saturated carbocycles. The Morgan fingerprint density at radius 1 is 1.25 bits per heavy atom. The Labute approximate surface area is 126 Å². The van der Waals surface area contributed by atoms with E-state index >= 15 is 0 Å². The third-order valence-corrected chi connectivity index (χ3v) is 4.00. The second-order valence-corrected chi connectivity index (χ2v) is 5.93. The number of hydrogen-bond acceptors (Lipinski definition) is 3. The van der Waals surface area contributed by atoms with E-state index in [9.17, 15) is 14.9 Å². The maximum atomic E-state index is 12.1. The molecule has 1 N–H and O–H groups in total. The zero-order valence-electron chi connectivity index (χ0n) is 10.6. The van der Waals surface area contributed by atoms with Crippen molar-refractivity contribution in [1.29, 1.82) is 0 Å². The monoisotopic (exact) mass is 316 g/mol. The Morgan fingerprint density at radius 3 is 2.50 bits per heavy atom. The molecule has 1 aromatic carbocycles. The zero-order chi connectivity index (χ0) is 14.7. The van der Waals surface area contributed by atoms with E-state index < -0.39 is 4.92 Å². The summed E-state index contributed by atoms with van der Waals surface area (Å²) in [6, 6.07) is 3.94. The molecule has 20 heavy (non-hydrogen) atoms. The maximum absolute atomic E-state index is 12.1. The summed E-state index contributed by atoms with van der Waals surface area (Å²) >= 11 is 11.8. The molecule has 0 spiro atoms. The summed E-state index contributed by atoms with van der Waals surface area (Å²) in [6.07, 6.45) is 3.37. The highest BCUT2D eigenvalue weighted by molar-refractivity contribution is 6.31. The highest BCUT2D eigenvalue weighted by atomic mass is 35.5. The molecule has 0 saturated heterocycles. The van der Waals surface area contributed by atoms with Crippen LogP contribution in [0.3, 0.4) is 0 Å². The van der Waals surface area contributed by atoms with Crippen molar-refractivity contribution in [1.82, 2.24) is 5.32 Å². The van der Waals surface area contributed by atoms with Gasteiger partial charge in [-0.25, -0.2) is 0 Å².